The second-order valence-corrected chi connectivity index (χ2v) is 5.11. The lowest BCUT2D eigenvalue weighted by atomic mass is 9.94. The molecule has 0 aliphatic carbocycles. The summed E-state index contributed by atoms with van der Waals surface area (Å²) in [5.74, 6) is -0.205. The van der Waals surface area contributed by atoms with Gasteiger partial charge in [0.2, 0.25) is 0 Å². The van der Waals surface area contributed by atoms with Crippen LogP contribution in [-0.2, 0) is 17.8 Å². The van der Waals surface area contributed by atoms with Crippen molar-refractivity contribution in [3.05, 3.63) is 35.1 Å². The number of nitrogens with zero attached hydrogens (tertiary/aromatic N) is 1. The highest BCUT2D eigenvalue weighted by Gasteiger charge is 2.39. The second kappa shape index (κ2) is 5.34. The Morgan fingerprint density at radius 2 is 2.17 bits per heavy atom. The minimum Gasteiger partial charge on any atom is -0.373 e. The van der Waals surface area contributed by atoms with Gasteiger partial charge in [0.15, 0.2) is 0 Å². The Kier molecular flexibility index (Phi) is 4.00. The van der Waals surface area contributed by atoms with E-state index in [1.165, 1.54) is 6.07 Å². The minimum absolute atomic E-state index is 0.0368. The molecule has 0 amide bonds. The number of halogens is 1. The molecule has 0 bridgehead atoms. The van der Waals surface area contributed by atoms with E-state index in [9.17, 15) is 4.39 Å². The lowest BCUT2D eigenvalue weighted by molar-refractivity contribution is -0.131. The summed E-state index contributed by atoms with van der Waals surface area (Å²) in [7, 11) is 0. The van der Waals surface area contributed by atoms with Crippen LogP contribution in [0.3, 0.4) is 0 Å². The molecule has 18 heavy (non-hydrogen) atoms. The van der Waals surface area contributed by atoms with Crippen molar-refractivity contribution in [1.29, 1.82) is 0 Å². The van der Waals surface area contributed by atoms with E-state index in [-0.39, 0.29) is 18.0 Å². The monoisotopic (exact) mass is 252 g/mol. The van der Waals surface area contributed by atoms with Gasteiger partial charge in [0.1, 0.15) is 5.82 Å². The molecule has 1 aliphatic heterocycles. The van der Waals surface area contributed by atoms with Crippen LogP contribution in [0.1, 0.15) is 25.0 Å². The van der Waals surface area contributed by atoms with E-state index in [1.807, 2.05) is 13.0 Å². The van der Waals surface area contributed by atoms with Crippen molar-refractivity contribution in [1.82, 2.24) is 4.90 Å². The molecule has 1 heterocycles. The maximum absolute atomic E-state index is 13.6. The predicted molar refractivity (Wildman–Crippen MR) is 69.6 cm³/mol. The average Bonchev–Trinajstić information content (AvgIpc) is 2.27. The summed E-state index contributed by atoms with van der Waals surface area (Å²) in [5, 5.41) is 0. The van der Waals surface area contributed by atoms with Crippen LogP contribution in [0.4, 0.5) is 4.39 Å². The number of nitrogens with two attached hydrogens (primary N) is 1. The van der Waals surface area contributed by atoms with Crippen LogP contribution in [0, 0.1) is 5.82 Å². The number of hydrogen-bond acceptors (Lipinski definition) is 3. The lowest BCUT2D eigenvalue weighted by Gasteiger charge is -2.47. The zero-order valence-electron chi connectivity index (χ0n) is 11.1. The van der Waals surface area contributed by atoms with Gasteiger partial charge in [-0.1, -0.05) is 12.1 Å². The van der Waals surface area contributed by atoms with Crippen LogP contribution in [0.2, 0.25) is 0 Å². The van der Waals surface area contributed by atoms with Gasteiger partial charge in [0.05, 0.1) is 5.60 Å². The summed E-state index contributed by atoms with van der Waals surface area (Å²) in [6.07, 6.45) is 0. The fraction of sp³-hybridized carbons (Fsp3) is 0.571. The number of ether oxygens (including phenoxy) is 1. The molecule has 0 spiro atoms. The third-order valence-corrected chi connectivity index (χ3v) is 3.42. The third-order valence-electron chi connectivity index (χ3n) is 3.42. The molecular formula is C14H21FN2O. The number of rotatable bonds is 5. The molecule has 1 fully saturated rings. The normalized spacial score (nSPS) is 18.7. The zero-order valence-corrected chi connectivity index (χ0v) is 11.1. The number of benzene rings is 1. The summed E-state index contributed by atoms with van der Waals surface area (Å²) in [5.41, 5.74) is 7.18. The fourth-order valence-corrected chi connectivity index (χ4v) is 2.67. The van der Waals surface area contributed by atoms with Gasteiger partial charge in [-0.3, -0.25) is 4.90 Å². The fourth-order valence-electron chi connectivity index (χ4n) is 2.67. The lowest BCUT2D eigenvalue weighted by Crippen LogP contribution is -2.60. The van der Waals surface area contributed by atoms with Crippen LogP contribution in [0.5, 0.6) is 0 Å². The van der Waals surface area contributed by atoms with Crippen molar-refractivity contribution in [2.45, 2.75) is 32.5 Å². The highest BCUT2D eigenvalue weighted by molar-refractivity contribution is 5.28. The van der Waals surface area contributed by atoms with Gasteiger partial charge in [-0.2, -0.15) is 0 Å². The van der Waals surface area contributed by atoms with E-state index in [4.69, 9.17) is 10.5 Å². The van der Waals surface area contributed by atoms with Crippen molar-refractivity contribution in [2.24, 2.45) is 5.73 Å². The molecule has 100 valence electrons. The maximum atomic E-state index is 13.6. The summed E-state index contributed by atoms with van der Waals surface area (Å²) >= 11 is 0. The molecule has 1 aromatic rings. The zero-order chi connectivity index (χ0) is 13.2. The Labute approximate surface area is 108 Å². The molecule has 1 saturated heterocycles. The quantitative estimate of drug-likeness (QED) is 0.869. The van der Waals surface area contributed by atoms with E-state index in [2.05, 4.69) is 11.8 Å². The van der Waals surface area contributed by atoms with E-state index in [0.29, 0.717) is 5.56 Å². The van der Waals surface area contributed by atoms with Crippen molar-refractivity contribution in [3.63, 3.8) is 0 Å². The Morgan fingerprint density at radius 3 is 2.78 bits per heavy atom. The topological polar surface area (TPSA) is 38.5 Å². The van der Waals surface area contributed by atoms with Crippen molar-refractivity contribution in [3.8, 4) is 0 Å². The molecule has 0 unspecified atom stereocenters. The van der Waals surface area contributed by atoms with E-state index in [0.717, 1.165) is 31.8 Å². The van der Waals surface area contributed by atoms with E-state index in [1.54, 1.807) is 6.07 Å². The predicted octanol–water partition coefficient (Wildman–Crippen LogP) is 1.90. The highest BCUT2D eigenvalue weighted by Crippen LogP contribution is 2.27. The summed E-state index contributed by atoms with van der Waals surface area (Å²) in [4.78, 5) is 2.25. The average molecular weight is 252 g/mol. The van der Waals surface area contributed by atoms with Gasteiger partial charge in [0, 0.05) is 38.3 Å². The Balaban J connectivity index is 1.98. The van der Waals surface area contributed by atoms with Gasteiger partial charge in [0.25, 0.3) is 0 Å². The van der Waals surface area contributed by atoms with Crippen LogP contribution >= 0.6 is 0 Å². The third kappa shape index (κ3) is 2.71. The first-order chi connectivity index (χ1) is 8.58. The maximum Gasteiger partial charge on any atom is 0.128 e. The summed E-state index contributed by atoms with van der Waals surface area (Å²) < 4.78 is 19.2. The van der Waals surface area contributed by atoms with Crippen molar-refractivity contribution in [2.75, 3.05) is 19.7 Å². The highest BCUT2D eigenvalue weighted by atomic mass is 19.1. The van der Waals surface area contributed by atoms with Gasteiger partial charge < -0.3 is 10.5 Å². The Hall–Kier alpha value is -0.970. The van der Waals surface area contributed by atoms with E-state index >= 15 is 0 Å². The molecule has 4 heteroatoms. The molecule has 0 saturated carbocycles. The SMILES string of the molecule is CCOC1(C)CN(Cc2cccc(F)c2CN)C1. The molecule has 1 aliphatic rings. The summed E-state index contributed by atoms with van der Waals surface area (Å²) in [6.45, 7) is 7.63. The molecule has 1 aromatic carbocycles. The van der Waals surface area contributed by atoms with Crippen molar-refractivity contribution >= 4 is 0 Å². The van der Waals surface area contributed by atoms with Crippen LogP contribution in [0.15, 0.2) is 18.2 Å². The second-order valence-electron chi connectivity index (χ2n) is 5.11. The Bertz CT molecular complexity index is 416. The first-order valence-electron chi connectivity index (χ1n) is 6.40. The Morgan fingerprint density at radius 1 is 1.44 bits per heavy atom. The molecule has 2 rings (SSSR count). The van der Waals surface area contributed by atoms with Crippen molar-refractivity contribution < 1.29 is 9.13 Å². The summed E-state index contributed by atoms with van der Waals surface area (Å²) in [6, 6.07) is 5.15. The molecule has 0 aromatic heterocycles. The number of hydrogen-bond donors (Lipinski definition) is 1. The molecular weight excluding hydrogens is 231 g/mol. The molecule has 2 N–H and O–H groups in total. The number of likely N-dealkylation sites (tertiary alicyclic amines) is 1. The molecule has 0 radical (unpaired) electrons. The largest absolute Gasteiger partial charge is 0.373 e. The van der Waals surface area contributed by atoms with Crippen LogP contribution in [-0.4, -0.2) is 30.2 Å². The van der Waals surface area contributed by atoms with Gasteiger partial charge in [-0.25, -0.2) is 4.39 Å². The van der Waals surface area contributed by atoms with Crippen LogP contribution < -0.4 is 5.73 Å². The standard InChI is InChI=1S/C14H21FN2O/c1-3-18-14(2)9-17(10-14)8-11-5-4-6-13(15)12(11)7-16/h4-6H,3,7-10,16H2,1-2H3. The van der Waals surface area contributed by atoms with Gasteiger partial charge in [-0.15, -0.1) is 0 Å². The van der Waals surface area contributed by atoms with Crippen LogP contribution in [0.25, 0.3) is 0 Å². The first kappa shape index (κ1) is 13.5. The molecule has 0 atom stereocenters. The van der Waals surface area contributed by atoms with Gasteiger partial charge in [-0.05, 0) is 25.5 Å². The first-order valence-corrected chi connectivity index (χ1v) is 6.40. The molecule has 3 nitrogen and oxygen atoms in total. The van der Waals surface area contributed by atoms with E-state index < -0.39 is 0 Å². The minimum atomic E-state index is -0.205. The smallest absolute Gasteiger partial charge is 0.128 e. The van der Waals surface area contributed by atoms with Gasteiger partial charge >= 0.3 is 0 Å².